The van der Waals surface area contributed by atoms with Crippen LogP contribution in [0.4, 0.5) is 0 Å². The van der Waals surface area contributed by atoms with E-state index in [1.54, 1.807) is 6.92 Å². The van der Waals surface area contributed by atoms with Crippen LogP contribution in [0.3, 0.4) is 0 Å². The number of ketones is 1. The molecule has 0 amide bonds. The highest BCUT2D eigenvalue weighted by molar-refractivity contribution is 5.97. The summed E-state index contributed by atoms with van der Waals surface area (Å²) in [5.74, 6) is -0.00288. The Morgan fingerprint density at radius 3 is 2.47 bits per heavy atom. The molecule has 5 atom stereocenters. The van der Waals surface area contributed by atoms with Crippen molar-refractivity contribution in [2.75, 3.05) is 0 Å². The highest BCUT2D eigenvalue weighted by Crippen LogP contribution is 2.58. The standard InChI is InChI=1S/C16H20O3/c1-8-7-11-12(9(2)13(8)17)10-5-6-15(11,3)14(18)16(10,4)19/h5-7,10-12,17,19H,1-4H3/t10-,11-,12+,15-,16-/m1/s1. The van der Waals surface area contributed by atoms with Gasteiger partial charge in [0.25, 0.3) is 0 Å². The molecule has 3 heteroatoms. The van der Waals surface area contributed by atoms with Crippen LogP contribution in [0, 0.1) is 23.2 Å². The van der Waals surface area contributed by atoms with Crippen LogP contribution < -0.4 is 0 Å². The zero-order chi connectivity index (χ0) is 14.2. The van der Waals surface area contributed by atoms with Crippen molar-refractivity contribution in [3.63, 3.8) is 0 Å². The molecule has 0 radical (unpaired) electrons. The van der Waals surface area contributed by atoms with Gasteiger partial charge in [0.15, 0.2) is 5.78 Å². The van der Waals surface area contributed by atoms with Crippen LogP contribution in [-0.2, 0) is 4.79 Å². The topological polar surface area (TPSA) is 57.5 Å². The van der Waals surface area contributed by atoms with E-state index in [1.807, 2.05) is 39.0 Å². The van der Waals surface area contributed by atoms with Gasteiger partial charge in [-0.2, -0.15) is 0 Å². The molecule has 0 spiro atoms. The SMILES string of the molecule is CC1=C[C@@H]2[C@@H](C(C)=C1O)[C@H]1C=C[C@@]2(C)C(=O)[C@]1(C)O. The quantitative estimate of drug-likeness (QED) is 0.658. The second-order valence-corrected chi connectivity index (χ2v) is 6.58. The number of carbonyl (C=O) groups excluding carboxylic acids is 1. The number of Topliss-reactive ketones (excluding diaryl/α,β-unsaturated/α-hetero) is 1. The molecule has 0 aromatic rings. The van der Waals surface area contributed by atoms with Gasteiger partial charge in [-0.05, 0) is 38.8 Å². The van der Waals surface area contributed by atoms with E-state index in [-0.39, 0.29) is 23.5 Å². The first kappa shape index (κ1) is 12.7. The molecule has 0 saturated heterocycles. The zero-order valence-corrected chi connectivity index (χ0v) is 11.8. The fraction of sp³-hybridized carbons (Fsp3) is 0.562. The summed E-state index contributed by atoms with van der Waals surface area (Å²) in [5.41, 5.74) is -0.302. The maximum absolute atomic E-state index is 12.6. The smallest absolute Gasteiger partial charge is 0.174 e. The van der Waals surface area contributed by atoms with E-state index in [9.17, 15) is 15.0 Å². The molecule has 4 aliphatic rings. The Balaban J connectivity index is 2.24. The van der Waals surface area contributed by atoms with Crippen molar-refractivity contribution >= 4 is 5.78 Å². The molecule has 0 aromatic carbocycles. The molecule has 19 heavy (non-hydrogen) atoms. The largest absolute Gasteiger partial charge is 0.508 e. The van der Waals surface area contributed by atoms with Gasteiger partial charge in [-0.3, -0.25) is 4.79 Å². The number of aliphatic hydroxyl groups is 2. The van der Waals surface area contributed by atoms with Crippen LogP contribution in [0.25, 0.3) is 0 Å². The summed E-state index contributed by atoms with van der Waals surface area (Å²) in [6, 6.07) is 0. The minimum absolute atomic E-state index is 0.00593. The maximum Gasteiger partial charge on any atom is 0.174 e. The van der Waals surface area contributed by atoms with E-state index in [1.165, 1.54) is 0 Å². The van der Waals surface area contributed by atoms with E-state index in [2.05, 4.69) is 0 Å². The van der Waals surface area contributed by atoms with Gasteiger partial charge < -0.3 is 10.2 Å². The fourth-order valence-corrected chi connectivity index (χ4v) is 4.22. The Morgan fingerprint density at radius 2 is 1.84 bits per heavy atom. The summed E-state index contributed by atoms with van der Waals surface area (Å²) in [6.07, 6.45) is 5.89. The van der Waals surface area contributed by atoms with Gasteiger partial charge in [0.05, 0.1) is 5.41 Å². The molecule has 1 fully saturated rings. The zero-order valence-electron chi connectivity index (χ0n) is 11.8. The first-order valence-corrected chi connectivity index (χ1v) is 6.76. The number of rotatable bonds is 0. The highest BCUT2D eigenvalue weighted by Gasteiger charge is 2.63. The van der Waals surface area contributed by atoms with Crippen LogP contribution in [0.15, 0.2) is 35.1 Å². The number of hydrogen-bond acceptors (Lipinski definition) is 3. The monoisotopic (exact) mass is 260 g/mol. The predicted octanol–water partition coefficient (Wildman–Crippen LogP) is 2.54. The van der Waals surface area contributed by atoms with E-state index < -0.39 is 11.0 Å². The molecule has 1 saturated carbocycles. The van der Waals surface area contributed by atoms with Crippen molar-refractivity contribution in [3.8, 4) is 0 Å². The number of aliphatic hydroxyl groups excluding tert-OH is 1. The lowest BCUT2D eigenvalue weighted by atomic mass is 9.47. The molecule has 4 rings (SSSR count). The van der Waals surface area contributed by atoms with Crippen LogP contribution >= 0.6 is 0 Å². The van der Waals surface area contributed by atoms with Gasteiger partial charge in [0.2, 0.25) is 0 Å². The summed E-state index contributed by atoms with van der Waals surface area (Å²) < 4.78 is 0. The molecule has 2 N–H and O–H groups in total. The third-order valence-electron chi connectivity index (χ3n) is 5.39. The van der Waals surface area contributed by atoms with Gasteiger partial charge in [0.1, 0.15) is 11.4 Å². The average molecular weight is 260 g/mol. The lowest BCUT2D eigenvalue weighted by Gasteiger charge is -2.56. The van der Waals surface area contributed by atoms with Crippen molar-refractivity contribution in [2.45, 2.75) is 33.3 Å². The Morgan fingerprint density at radius 1 is 1.21 bits per heavy atom. The highest BCUT2D eigenvalue weighted by atomic mass is 16.3. The van der Waals surface area contributed by atoms with Crippen molar-refractivity contribution in [2.24, 2.45) is 23.2 Å². The third kappa shape index (κ3) is 1.29. The molecule has 4 aliphatic carbocycles. The van der Waals surface area contributed by atoms with E-state index in [0.717, 1.165) is 11.1 Å². The van der Waals surface area contributed by atoms with Crippen molar-refractivity contribution in [1.29, 1.82) is 0 Å². The second kappa shape index (κ2) is 3.40. The number of hydrogen-bond donors (Lipinski definition) is 2. The average Bonchev–Trinajstić information content (AvgIpc) is 2.34. The maximum atomic E-state index is 12.6. The van der Waals surface area contributed by atoms with Gasteiger partial charge in [0, 0.05) is 17.8 Å². The van der Waals surface area contributed by atoms with E-state index in [0.29, 0.717) is 5.76 Å². The summed E-state index contributed by atoms with van der Waals surface area (Å²) in [4.78, 5) is 12.6. The lowest BCUT2D eigenvalue weighted by molar-refractivity contribution is -0.163. The van der Waals surface area contributed by atoms with Gasteiger partial charge in [-0.1, -0.05) is 18.2 Å². The molecule has 0 heterocycles. The van der Waals surface area contributed by atoms with Gasteiger partial charge in [-0.15, -0.1) is 0 Å². The van der Waals surface area contributed by atoms with Gasteiger partial charge >= 0.3 is 0 Å². The summed E-state index contributed by atoms with van der Waals surface area (Å²) >= 11 is 0. The summed E-state index contributed by atoms with van der Waals surface area (Å²) in [5, 5.41) is 20.7. The minimum atomic E-state index is -1.34. The number of fused-ring (bicyclic) bond motifs is 1. The molecular weight excluding hydrogens is 240 g/mol. The Hall–Kier alpha value is -1.35. The molecule has 0 aliphatic heterocycles. The molecule has 2 bridgehead atoms. The summed E-state index contributed by atoms with van der Waals surface area (Å²) in [6.45, 7) is 7.27. The third-order valence-corrected chi connectivity index (χ3v) is 5.39. The molecular formula is C16H20O3. The molecule has 0 unspecified atom stereocenters. The second-order valence-electron chi connectivity index (χ2n) is 6.58. The lowest BCUT2D eigenvalue weighted by Crippen LogP contribution is -2.64. The van der Waals surface area contributed by atoms with E-state index in [4.69, 9.17) is 0 Å². The van der Waals surface area contributed by atoms with Crippen LogP contribution in [0.5, 0.6) is 0 Å². The van der Waals surface area contributed by atoms with Crippen LogP contribution in [0.1, 0.15) is 27.7 Å². The normalized spacial score (nSPS) is 48.4. The van der Waals surface area contributed by atoms with E-state index >= 15 is 0 Å². The Bertz CT molecular complexity index is 565. The molecule has 0 aromatic heterocycles. The molecule has 102 valence electrons. The number of allylic oxidation sites excluding steroid dienone is 4. The Labute approximate surface area is 113 Å². The fourth-order valence-electron chi connectivity index (χ4n) is 4.22. The number of carbonyl (C=O) groups is 1. The summed E-state index contributed by atoms with van der Waals surface area (Å²) in [7, 11) is 0. The van der Waals surface area contributed by atoms with Crippen LogP contribution in [-0.4, -0.2) is 21.6 Å². The predicted molar refractivity (Wildman–Crippen MR) is 72.4 cm³/mol. The van der Waals surface area contributed by atoms with Crippen molar-refractivity contribution in [1.82, 2.24) is 0 Å². The van der Waals surface area contributed by atoms with Gasteiger partial charge in [-0.25, -0.2) is 0 Å². The first-order valence-electron chi connectivity index (χ1n) is 6.76. The Kier molecular flexibility index (Phi) is 2.27. The van der Waals surface area contributed by atoms with Crippen LogP contribution in [0.2, 0.25) is 0 Å². The molecule has 3 nitrogen and oxygen atoms in total. The van der Waals surface area contributed by atoms with Crippen molar-refractivity contribution in [3.05, 3.63) is 35.1 Å². The minimum Gasteiger partial charge on any atom is -0.508 e. The first-order chi connectivity index (χ1) is 8.71. The van der Waals surface area contributed by atoms with Crippen molar-refractivity contribution < 1.29 is 15.0 Å².